The molecule has 25 heavy (non-hydrogen) atoms. The number of hydrogen-bond donors (Lipinski definition) is 1. The largest absolute Gasteiger partial charge is 0.327 e. The molecule has 1 aromatic rings. The first-order valence-electron chi connectivity index (χ1n) is 8.51. The fraction of sp³-hybridized carbons (Fsp3) is 0.500. The van der Waals surface area contributed by atoms with Crippen LogP contribution in [0.3, 0.4) is 0 Å². The maximum Gasteiger partial charge on any atom is 0.327 e. The van der Waals surface area contributed by atoms with Crippen LogP contribution in [0.1, 0.15) is 37.7 Å². The van der Waals surface area contributed by atoms with Crippen molar-refractivity contribution >= 4 is 23.5 Å². The fourth-order valence-electron chi connectivity index (χ4n) is 3.69. The number of imide groups is 1. The molecule has 2 fully saturated rings. The number of nitrogens with zero attached hydrogens (tertiary/aromatic N) is 2. The van der Waals surface area contributed by atoms with Gasteiger partial charge in [0.25, 0.3) is 5.91 Å². The maximum atomic E-state index is 13.6. The summed E-state index contributed by atoms with van der Waals surface area (Å²) in [6, 6.07) is 3.91. The van der Waals surface area contributed by atoms with E-state index in [4.69, 9.17) is 0 Å². The maximum absolute atomic E-state index is 13.6. The predicted molar refractivity (Wildman–Crippen MR) is 90.5 cm³/mol. The van der Waals surface area contributed by atoms with Gasteiger partial charge in [-0.05, 0) is 37.5 Å². The molecule has 3 rings (SSSR count). The first-order chi connectivity index (χ1) is 11.8. The molecular weight excluding hydrogens is 325 g/mol. The molecule has 2 aliphatic rings. The van der Waals surface area contributed by atoms with Crippen molar-refractivity contribution in [1.29, 1.82) is 0 Å². The topological polar surface area (TPSA) is 69.7 Å². The number of anilines is 1. The van der Waals surface area contributed by atoms with Crippen LogP contribution >= 0.6 is 0 Å². The van der Waals surface area contributed by atoms with Gasteiger partial charge in [-0.3, -0.25) is 14.5 Å². The van der Waals surface area contributed by atoms with E-state index in [1.165, 1.54) is 11.0 Å². The summed E-state index contributed by atoms with van der Waals surface area (Å²) in [5.74, 6) is -1.25. The molecule has 1 N–H and O–H groups in total. The van der Waals surface area contributed by atoms with Gasteiger partial charge in [-0.2, -0.15) is 0 Å². The van der Waals surface area contributed by atoms with Crippen molar-refractivity contribution in [3.63, 3.8) is 0 Å². The molecule has 0 unspecified atom stereocenters. The molecule has 1 spiro atoms. The van der Waals surface area contributed by atoms with Gasteiger partial charge >= 0.3 is 6.03 Å². The van der Waals surface area contributed by atoms with Crippen molar-refractivity contribution in [1.82, 2.24) is 9.80 Å². The number of rotatable bonds is 3. The molecule has 1 heterocycles. The molecule has 1 aliphatic carbocycles. The Morgan fingerprint density at radius 1 is 1.24 bits per heavy atom. The van der Waals surface area contributed by atoms with Gasteiger partial charge in [0.1, 0.15) is 17.9 Å². The number of nitrogens with one attached hydrogen (secondary N) is 1. The number of benzene rings is 1. The van der Waals surface area contributed by atoms with E-state index in [1.54, 1.807) is 26.1 Å². The second-order valence-electron chi connectivity index (χ2n) is 6.84. The van der Waals surface area contributed by atoms with Crippen LogP contribution in [0.5, 0.6) is 0 Å². The average molecular weight is 347 g/mol. The van der Waals surface area contributed by atoms with Gasteiger partial charge in [0.2, 0.25) is 5.91 Å². The highest BCUT2D eigenvalue weighted by Crippen LogP contribution is 2.39. The van der Waals surface area contributed by atoms with Gasteiger partial charge in [0.15, 0.2) is 0 Å². The summed E-state index contributed by atoms with van der Waals surface area (Å²) in [7, 11) is 1.62. The van der Waals surface area contributed by atoms with Gasteiger partial charge in [0.05, 0.1) is 0 Å². The number of halogens is 1. The molecular formula is C18H22FN3O3. The lowest BCUT2D eigenvalue weighted by atomic mass is 9.81. The van der Waals surface area contributed by atoms with Crippen LogP contribution < -0.4 is 5.32 Å². The molecule has 1 saturated heterocycles. The smallest absolute Gasteiger partial charge is 0.324 e. The van der Waals surface area contributed by atoms with Crippen molar-refractivity contribution < 1.29 is 18.8 Å². The Morgan fingerprint density at radius 3 is 2.56 bits per heavy atom. The summed E-state index contributed by atoms with van der Waals surface area (Å²) in [6.07, 6.45) is 4.11. The zero-order valence-corrected chi connectivity index (χ0v) is 14.5. The van der Waals surface area contributed by atoms with Crippen molar-refractivity contribution in [3.05, 3.63) is 29.6 Å². The molecule has 1 aliphatic heterocycles. The molecule has 6 nitrogen and oxygen atoms in total. The van der Waals surface area contributed by atoms with E-state index < -0.39 is 23.3 Å². The minimum absolute atomic E-state index is 0.299. The van der Waals surface area contributed by atoms with E-state index in [2.05, 4.69) is 5.32 Å². The molecule has 134 valence electrons. The number of aryl methyl sites for hydroxylation is 1. The van der Waals surface area contributed by atoms with Crippen molar-refractivity contribution in [2.75, 3.05) is 18.9 Å². The van der Waals surface area contributed by atoms with Gasteiger partial charge in [0, 0.05) is 12.7 Å². The zero-order chi connectivity index (χ0) is 18.2. The normalized spacial score (nSPS) is 19.6. The molecule has 0 bridgehead atoms. The monoisotopic (exact) mass is 347 g/mol. The quantitative estimate of drug-likeness (QED) is 0.855. The summed E-state index contributed by atoms with van der Waals surface area (Å²) in [4.78, 5) is 40.0. The highest BCUT2D eigenvalue weighted by Gasteiger charge is 2.55. The molecule has 4 amide bonds. The first-order valence-corrected chi connectivity index (χ1v) is 8.51. The third-order valence-electron chi connectivity index (χ3n) is 5.24. The Balaban J connectivity index is 1.71. The van der Waals surface area contributed by atoms with Crippen LogP contribution in [0, 0.1) is 12.7 Å². The third-order valence-corrected chi connectivity index (χ3v) is 5.24. The molecule has 7 heteroatoms. The highest BCUT2D eigenvalue weighted by atomic mass is 19.1. The van der Waals surface area contributed by atoms with Gasteiger partial charge in [-0.15, -0.1) is 0 Å². The van der Waals surface area contributed by atoms with E-state index in [9.17, 15) is 18.8 Å². The van der Waals surface area contributed by atoms with E-state index in [-0.39, 0.29) is 12.5 Å². The summed E-state index contributed by atoms with van der Waals surface area (Å²) < 4.78 is 13.6. The SMILES string of the molecule is Cc1ccc(NC(=O)CN2C(=O)N(C)C3(CCCCC3)C2=O)cc1F. The van der Waals surface area contributed by atoms with E-state index in [0.717, 1.165) is 24.2 Å². The number of urea groups is 1. The van der Waals surface area contributed by atoms with E-state index in [0.29, 0.717) is 24.1 Å². The Labute approximate surface area is 146 Å². The molecule has 0 aromatic heterocycles. The standard InChI is InChI=1S/C18H22FN3O3/c1-12-6-7-13(10-14(12)19)20-15(23)11-22-16(24)18(21(2)17(22)25)8-4-3-5-9-18/h6-7,10H,3-5,8-9,11H2,1-2H3,(H,20,23). The molecule has 1 saturated carbocycles. The van der Waals surface area contributed by atoms with Crippen LogP contribution in [0.2, 0.25) is 0 Å². The minimum Gasteiger partial charge on any atom is -0.324 e. The van der Waals surface area contributed by atoms with Crippen LogP contribution in [0.25, 0.3) is 0 Å². The van der Waals surface area contributed by atoms with Crippen molar-refractivity contribution in [3.8, 4) is 0 Å². The summed E-state index contributed by atoms with van der Waals surface area (Å²) in [5, 5.41) is 2.54. The zero-order valence-electron chi connectivity index (χ0n) is 14.5. The number of carbonyl (C=O) groups is 3. The Bertz CT molecular complexity index is 728. The Hall–Kier alpha value is -2.44. The van der Waals surface area contributed by atoms with Gasteiger partial charge in [-0.25, -0.2) is 9.18 Å². The summed E-state index contributed by atoms with van der Waals surface area (Å²) in [5.41, 5.74) is -0.0253. The van der Waals surface area contributed by atoms with Crippen LogP contribution in [0.4, 0.5) is 14.9 Å². The van der Waals surface area contributed by atoms with E-state index in [1.807, 2.05) is 0 Å². The van der Waals surface area contributed by atoms with Gasteiger partial charge in [-0.1, -0.05) is 25.3 Å². The number of carbonyl (C=O) groups excluding carboxylic acids is 3. The number of hydrogen-bond acceptors (Lipinski definition) is 3. The lowest BCUT2D eigenvalue weighted by Crippen LogP contribution is -2.49. The lowest BCUT2D eigenvalue weighted by molar-refractivity contribution is -0.136. The fourth-order valence-corrected chi connectivity index (χ4v) is 3.69. The van der Waals surface area contributed by atoms with Crippen LogP contribution in [0.15, 0.2) is 18.2 Å². The predicted octanol–water partition coefficient (Wildman–Crippen LogP) is 2.67. The summed E-state index contributed by atoms with van der Waals surface area (Å²) >= 11 is 0. The first kappa shape index (κ1) is 17.4. The highest BCUT2D eigenvalue weighted by molar-refractivity contribution is 6.10. The summed E-state index contributed by atoms with van der Waals surface area (Å²) in [6.45, 7) is 1.27. The van der Waals surface area contributed by atoms with Gasteiger partial charge < -0.3 is 10.2 Å². The molecule has 0 radical (unpaired) electrons. The molecule has 0 atom stereocenters. The van der Waals surface area contributed by atoms with Crippen LogP contribution in [-0.4, -0.2) is 46.8 Å². The number of likely N-dealkylation sites (N-methyl/N-ethyl adjacent to an activating group) is 1. The lowest BCUT2D eigenvalue weighted by Gasteiger charge is -2.35. The molecule has 1 aromatic carbocycles. The third kappa shape index (κ3) is 2.99. The number of amides is 4. The van der Waals surface area contributed by atoms with E-state index >= 15 is 0 Å². The second-order valence-corrected chi connectivity index (χ2v) is 6.84. The Kier molecular flexibility index (Phi) is 4.49. The second kappa shape index (κ2) is 6.46. The van der Waals surface area contributed by atoms with Crippen LogP contribution in [-0.2, 0) is 9.59 Å². The average Bonchev–Trinajstić information content (AvgIpc) is 2.75. The minimum atomic E-state index is -0.800. The van der Waals surface area contributed by atoms with Crippen molar-refractivity contribution in [2.45, 2.75) is 44.6 Å². The Morgan fingerprint density at radius 2 is 1.92 bits per heavy atom. The van der Waals surface area contributed by atoms with Crippen molar-refractivity contribution in [2.24, 2.45) is 0 Å².